The molecule has 0 amide bonds. The maximum absolute atomic E-state index is 6.33. The van der Waals surface area contributed by atoms with E-state index in [1.165, 1.54) is 22.3 Å². The zero-order valence-corrected chi connectivity index (χ0v) is 38.5. The van der Waals surface area contributed by atoms with Gasteiger partial charge >= 0.3 is 0 Å². The molecule has 0 unspecified atom stereocenters. The summed E-state index contributed by atoms with van der Waals surface area (Å²) in [4.78, 5) is 26.0. The van der Waals surface area contributed by atoms with Crippen LogP contribution in [0.2, 0.25) is 0 Å². The number of aromatic nitrogens is 5. The molecule has 0 fully saturated rings. The van der Waals surface area contributed by atoms with Gasteiger partial charge in [0.25, 0.3) is 0 Å². The third-order valence-corrected chi connectivity index (χ3v) is 13.8. The minimum absolute atomic E-state index is 0.147. The first-order valence-electron chi connectivity index (χ1n) is 23.6. The Morgan fingerprint density at radius 2 is 0.743 bits per heavy atom. The maximum Gasteiger partial charge on any atom is 0.164 e. The molecule has 0 N–H and O–H groups in total. The fraction of sp³-hybridized carbons (Fsp3) is 0.0469. The first-order chi connectivity index (χ1) is 34.4. The normalized spacial score (nSPS) is 12.5. The number of hydrogen-bond donors (Lipinski definition) is 0. The number of fused-ring (bicyclic) bond motifs is 6. The zero-order valence-electron chi connectivity index (χ0n) is 38.5. The van der Waals surface area contributed by atoms with E-state index in [1.807, 2.05) is 36.4 Å². The molecule has 13 rings (SSSR count). The molecule has 0 radical (unpaired) electrons. The van der Waals surface area contributed by atoms with Gasteiger partial charge in [0.1, 0.15) is 11.2 Å². The Morgan fingerprint density at radius 3 is 1.44 bits per heavy atom. The van der Waals surface area contributed by atoms with Crippen molar-refractivity contribution in [1.29, 1.82) is 0 Å². The molecule has 3 aromatic heterocycles. The van der Waals surface area contributed by atoms with Crippen LogP contribution in [-0.4, -0.2) is 24.9 Å². The van der Waals surface area contributed by atoms with E-state index in [9.17, 15) is 0 Å². The summed E-state index contributed by atoms with van der Waals surface area (Å²) in [7, 11) is 0. The number of hydrogen-bond acceptors (Lipinski definition) is 6. The van der Waals surface area contributed by atoms with E-state index in [0.29, 0.717) is 23.3 Å². The van der Waals surface area contributed by atoms with Gasteiger partial charge in [0.2, 0.25) is 0 Å². The summed E-state index contributed by atoms with van der Waals surface area (Å²) in [6.07, 6.45) is 0. The first-order valence-corrected chi connectivity index (χ1v) is 23.6. The van der Waals surface area contributed by atoms with Gasteiger partial charge in [-0.25, -0.2) is 24.9 Å². The van der Waals surface area contributed by atoms with Crippen LogP contribution in [-0.2, 0) is 5.41 Å². The van der Waals surface area contributed by atoms with Crippen LogP contribution in [0.5, 0.6) is 0 Å². The Balaban J connectivity index is 0.904. The molecule has 6 heteroatoms. The maximum atomic E-state index is 6.33. The quantitative estimate of drug-likeness (QED) is 0.151. The summed E-state index contributed by atoms with van der Waals surface area (Å²) >= 11 is 0. The van der Waals surface area contributed by atoms with Crippen molar-refractivity contribution in [3.63, 3.8) is 0 Å². The average Bonchev–Trinajstić information content (AvgIpc) is 3.92. The second-order valence-electron chi connectivity index (χ2n) is 18.5. The van der Waals surface area contributed by atoms with Crippen molar-refractivity contribution < 1.29 is 4.42 Å². The Kier molecular flexibility index (Phi) is 9.73. The van der Waals surface area contributed by atoms with Crippen LogP contribution in [0.1, 0.15) is 25.0 Å². The van der Waals surface area contributed by atoms with E-state index in [0.717, 1.165) is 89.0 Å². The zero-order chi connectivity index (χ0) is 46.8. The van der Waals surface area contributed by atoms with Crippen molar-refractivity contribution in [3.05, 3.63) is 236 Å². The molecule has 1 aliphatic carbocycles. The highest BCUT2D eigenvalue weighted by molar-refractivity contribution is 6.05. The van der Waals surface area contributed by atoms with E-state index in [-0.39, 0.29) is 5.41 Å². The van der Waals surface area contributed by atoms with Crippen LogP contribution >= 0.6 is 0 Å². The van der Waals surface area contributed by atoms with Gasteiger partial charge in [-0.2, -0.15) is 0 Å². The average molecular weight is 898 g/mol. The first kappa shape index (κ1) is 41.1. The molecule has 0 bridgehead atoms. The Bertz CT molecular complexity index is 3990. The number of nitrogens with zero attached hydrogens (tertiary/aromatic N) is 5. The summed E-state index contributed by atoms with van der Waals surface area (Å²) in [6.45, 7) is 4.61. The number of furan rings is 1. The van der Waals surface area contributed by atoms with Gasteiger partial charge in [-0.15, -0.1) is 0 Å². The summed E-state index contributed by atoms with van der Waals surface area (Å²) in [6, 6.07) is 78.0. The van der Waals surface area contributed by atoms with Crippen molar-refractivity contribution in [2.24, 2.45) is 0 Å². The highest BCUT2D eigenvalue weighted by Crippen LogP contribution is 2.49. The molecule has 0 saturated carbocycles. The lowest BCUT2D eigenvalue weighted by Gasteiger charge is -2.21. The lowest BCUT2D eigenvalue weighted by atomic mass is 9.82. The molecule has 3 heterocycles. The van der Waals surface area contributed by atoms with Crippen molar-refractivity contribution in [2.45, 2.75) is 19.3 Å². The SMILES string of the molecule is CC1(C)c2ccccc2-c2ccc(-c3nc(-c4ccccc4)cc(-c4cccc(-c5cccc(-c6nc(-c7cccc(-c8ccccc8)c7)nc(-c7ccc8c(c7)oc7ccccc78)n6)c5)c4)n3)cc21. The van der Waals surface area contributed by atoms with E-state index < -0.39 is 0 Å². The predicted molar refractivity (Wildman–Crippen MR) is 284 cm³/mol. The van der Waals surface area contributed by atoms with Gasteiger partial charge in [0.15, 0.2) is 23.3 Å². The van der Waals surface area contributed by atoms with Gasteiger partial charge < -0.3 is 4.42 Å². The summed E-state index contributed by atoms with van der Waals surface area (Å²) in [5.41, 5.74) is 18.3. The highest BCUT2D eigenvalue weighted by atomic mass is 16.3. The molecular formula is C64H43N5O. The van der Waals surface area contributed by atoms with Crippen molar-refractivity contribution in [3.8, 4) is 101 Å². The van der Waals surface area contributed by atoms with Crippen LogP contribution in [0.4, 0.5) is 0 Å². The largest absolute Gasteiger partial charge is 0.456 e. The number of rotatable bonds is 8. The second kappa shape index (κ2) is 16.6. The van der Waals surface area contributed by atoms with Crippen LogP contribution in [0.25, 0.3) is 123 Å². The molecule has 70 heavy (non-hydrogen) atoms. The molecule has 0 spiro atoms. The summed E-state index contributed by atoms with van der Waals surface area (Å²) < 4.78 is 6.33. The van der Waals surface area contributed by atoms with E-state index in [1.54, 1.807) is 0 Å². The molecule has 6 nitrogen and oxygen atoms in total. The predicted octanol–water partition coefficient (Wildman–Crippen LogP) is 16.2. The molecular weight excluding hydrogens is 855 g/mol. The standard InChI is InChI=1S/C64H43N5O/c1-64(2)54-28-11-9-26-50(54)51-32-30-48(37-55(51)64)60-65-56(41-18-7-4-8-19-41)39-57(66-60)45-23-13-21-43(34-45)44-22-15-25-47(36-44)62-67-61(46-24-14-20-42(35-46)40-16-5-3-6-17-40)68-63(69-62)49-31-33-53-52-27-10-12-29-58(52)70-59(53)38-49/h3-39H,1-2H3. The van der Waals surface area contributed by atoms with Gasteiger partial charge in [0, 0.05) is 49.6 Å². The summed E-state index contributed by atoms with van der Waals surface area (Å²) in [5.74, 6) is 2.40. The Morgan fingerprint density at radius 1 is 0.286 bits per heavy atom. The number of para-hydroxylation sites is 1. The van der Waals surface area contributed by atoms with Gasteiger partial charge in [-0.1, -0.05) is 190 Å². The molecule has 9 aromatic carbocycles. The lowest BCUT2D eigenvalue weighted by Crippen LogP contribution is -2.15. The van der Waals surface area contributed by atoms with Crippen LogP contribution in [0.15, 0.2) is 229 Å². The highest BCUT2D eigenvalue weighted by Gasteiger charge is 2.35. The van der Waals surface area contributed by atoms with Crippen molar-refractivity contribution >= 4 is 21.9 Å². The van der Waals surface area contributed by atoms with Gasteiger partial charge in [-0.05, 0) is 93.0 Å². The Labute approximate surface area is 405 Å². The van der Waals surface area contributed by atoms with Gasteiger partial charge in [-0.3, -0.25) is 0 Å². The van der Waals surface area contributed by atoms with Gasteiger partial charge in [0.05, 0.1) is 11.4 Å². The smallest absolute Gasteiger partial charge is 0.164 e. The van der Waals surface area contributed by atoms with Crippen LogP contribution in [0, 0.1) is 0 Å². The topological polar surface area (TPSA) is 77.6 Å². The molecule has 0 saturated heterocycles. The number of benzene rings is 9. The minimum atomic E-state index is -0.147. The minimum Gasteiger partial charge on any atom is -0.456 e. The monoisotopic (exact) mass is 897 g/mol. The summed E-state index contributed by atoms with van der Waals surface area (Å²) in [5, 5.41) is 2.12. The third-order valence-electron chi connectivity index (χ3n) is 13.8. The van der Waals surface area contributed by atoms with Crippen LogP contribution < -0.4 is 0 Å². The van der Waals surface area contributed by atoms with Crippen LogP contribution in [0.3, 0.4) is 0 Å². The molecule has 330 valence electrons. The molecule has 1 aliphatic rings. The second-order valence-corrected chi connectivity index (χ2v) is 18.5. The molecule has 0 aliphatic heterocycles. The molecule has 12 aromatic rings. The van der Waals surface area contributed by atoms with E-state index in [2.05, 4.69) is 202 Å². The Hall–Kier alpha value is -9.13. The fourth-order valence-electron chi connectivity index (χ4n) is 10.1. The lowest BCUT2D eigenvalue weighted by molar-refractivity contribution is 0.660. The van der Waals surface area contributed by atoms with E-state index >= 15 is 0 Å². The van der Waals surface area contributed by atoms with E-state index in [4.69, 9.17) is 29.3 Å². The van der Waals surface area contributed by atoms with Crippen molar-refractivity contribution in [1.82, 2.24) is 24.9 Å². The molecule has 0 atom stereocenters. The van der Waals surface area contributed by atoms with Crippen molar-refractivity contribution in [2.75, 3.05) is 0 Å². The fourth-order valence-corrected chi connectivity index (χ4v) is 10.1. The third kappa shape index (κ3) is 7.25.